The summed E-state index contributed by atoms with van der Waals surface area (Å²) in [4.78, 5) is 17.2. The lowest BCUT2D eigenvalue weighted by Crippen LogP contribution is -2.51. The fraction of sp³-hybridized carbons (Fsp3) is 0.667. The van der Waals surface area contributed by atoms with Gasteiger partial charge in [0.25, 0.3) is 0 Å². The van der Waals surface area contributed by atoms with E-state index in [1.165, 1.54) is 0 Å². The van der Waals surface area contributed by atoms with Gasteiger partial charge in [-0.2, -0.15) is 4.99 Å². The van der Waals surface area contributed by atoms with Crippen LogP contribution in [0.2, 0.25) is 0 Å². The molecule has 3 atom stereocenters. The summed E-state index contributed by atoms with van der Waals surface area (Å²) in [6.45, 7) is 3.20. The maximum Gasteiger partial charge on any atom is 0.346 e. The van der Waals surface area contributed by atoms with Crippen LogP contribution in [0.5, 0.6) is 0 Å². The van der Waals surface area contributed by atoms with Gasteiger partial charge in [0.1, 0.15) is 5.84 Å². The molecule has 0 saturated carbocycles. The second-order valence-electron chi connectivity index (χ2n) is 4.49. The number of carbonyl (C=O) groups excluding carboxylic acids is 1. The van der Waals surface area contributed by atoms with Crippen LogP contribution >= 0.6 is 0 Å². The molecule has 17 heavy (non-hydrogen) atoms. The Morgan fingerprint density at radius 2 is 2.47 bits per heavy atom. The van der Waals surface area contributed by atoms with Crippen LogP contribution in [0.4, 0.5) is 4.79 Å². The Morgan fingerprint density at radius 1 is 1.71 bits per heavy atom. The number of carbonyl (C=O) groups is 1. The number of ether oxygens (including phenoxy) is 1. The topological polar surface area (TPSA) is 67.9 Å². The summed E-state index contributed by atoms with van der Waals surface area (Å²) in [6, 6.07) is -0.823. The molecular formula is C12H17N3O2. The van der Waals surface area contributed by atoms with E-state index in [0.717, 1.165) is 19.4 Å². The third-order valence-electron chi connectivity index (χ3n) is 3.35. The molecule has 0 aromatic heterocycles. The van der Waals surface area contributed by atoms with Crippen LogP contribution in [-0.4, -0.2) is 42.1 Å². The fourth-order valence-corrected chi connectivity index (χ4v) is 2.47. The number of aliphatic imine (C=N–C) groups is 1. The van der Waals surface area contributed by atoms with Crippen molar-refractivity contribution >= 4 is 11.9 Å². The summed E-state index contributed by atoms with van der Waals surface area (Å²) < 4.78 is 5.44. The highest BCUT2D eigenvalue weighted by molar-refractivity contribution is 6.03. The molecule has 0 aromatic rings. The van der Waals surface area contributed by atoms with Gasteiger partial charge in [0.15, 0.2) is 0 Å². The monoisotopic (exact) mass is 235 g/mol. The summed E-state index contributed by atoms with van der Waals surface area (Å²) >= 11 is 0. The maximum absolute atomic E-state index is 11.8. The van der Waals surface area contributed by atoms with Gasteiger partial charge in [0.2, 0.25) is 0 Å². The molecule has 0 radical (unpaired) electrons. The second-order valence-corrected chi connectivity index (χ2v) is 4.49. The smallest absolute Gasteiger partial charge is 0.346 e. The van der Waals surface area contributed by atoms with E-state index >= 15 is 0 Å². The summed E-state index contributed by atoms with van der Waals surface area (Å²) in [5.74, 6) is 3.13. The standard InChI is InChI=1S/C12H17N3O2/c1-3-8(2)15-10(11(13)14-12(15)16)9-5-4-6-17-7-9/h1,8-10H,4-7H2,2H3,(H2,13,14,16). The predicted octanol–water partition coefficient (Wildman–Crippen LogP) is 0.596. The van der Waals surface area contributed by atoms with Crippen LogP contribution in [0.25, 0.3) is 0 Å². The molecule has 2 amide bonds. The SMILES string of the molecule is C#CC(C)N1C(=O)N=C(N)C1C1CCCOC1. The van der Waals surface area contributed by atoms with Gasteiger partial charge in [-0.3, -0.25) is 4.90 Å². The Morgan fingerprint density at radius 3 is 3.06 bits per heavy atom. The Bertz CT molecular complexity index is 380. The lowest BCUT2D eigenvalue weighted by atomic mass is 9.92. The Balaban J connectivity index is 2.20. The summed E-state index contributed by atoms with van der Waals surface area (Å²) in [5.41, 5.74) is 5.85. The third-order valence-corrected chi connectivity index (χ3v) is 3.35. The molecule has 1 fully saturated rings. The molecule has 92 valence electrons. The van der Waals surface area contributed by atoms with Crippen molar-refractivity contribution in [3.8, 4) is 12.3 Å². The van der Waals surface area contributed by atoms with Crippen molar-refractivity contribution in [3.05, 3.63) is 0 Å². The van der Waals surface area contributed by atoms with Crippen molar-refractivity contribution in [2.45, 2.75) is 31.8 Å². The summed E-state index contributed by atoms with van der Waals surface area (Å²) in [5, 5.41) is 0. The summed E-state index contributed by atoms with van der Waals surface area (Å²) in [7, 11) is 0. The highest BCUT2D eigenvalue weighted by Crippen LogP contribution is 2.27. The molecule has 5 heteroatoms. The number of nitrogens with two attached hydrogens (primary N) is 1. The fourth-order valence-electron chi connectivity index (χ4n) is 2.47. The molecule has 2 heterocycles. The van der Waals surface area contributed by atoms with Crippen LogP contribution < -0.4 is 5.73 Å². The predicted molar refractivity (Wildman–Crippen MR) is 64.5 cm³/mol. The largest absolute Gasteiger partial charge is 0.385 e. The van der Waals surface area contributed by atoms with Crippen LogP contribution in [-0.2, 0) is 4.74 Å². The van der Waals surface area contributed by atoms with E-state index in [1.807, 2.05) is 6.92 Å². The molecule has 0 spiro atoms. The first-order valence-corrected chi connectivity index (χ1v) is 5.85. The number of hydrogen-bond donors (Lipinski definition) is 1. The normalized spacial score (nSPS) is 30.9. The number of nitrogens with zero attached hydrogens (tertiary/aromatic N) is 2. The maximum atomic E-state index is 11.8. The molecule has 0 aromatic carbocycles. The van der Waals surface area contributed by atoms with E-state index in [2.05, 4.69) is 10.9 Å². The Labute approximate surface area is 101 Å². The van der Waals surface area contributed by atoms with Gasteiger partial charge in [-0.25, -0.2) is 4.79 Å². The molecule has 1 saturated heterocycles. The molecule has 3 unspecified atom stereocenters. The average molecular weight is 235 g/mol. The summed E-state index contributed by atoms with van der Waals surface area (Å²) in [6.07, 6.45) is 7.36. The van der Waals surface area contributed by atoms with Crippen LogP contribution in [0.1, 0.15) is 19.8 Å². The van der Waals surface area contributed by atoms with Crippen molar-refractivity contribution < 1.29 is 9.53 Å². The molecule has 2 rings (SSSR count). The zero-order chi connectivity index (χ0) is 12.4. The van der Waals surface area contributed by atoms with E-state index in [1.54, 1.807) is 4.90 Å². The van der Waals surface area contributed by atoms with Crippen molar-refractivity contribution in [3.63, 3.8) is 0 Å². The van der Waals surface area contributed by atoms with Crippen LogP contribution in [0.3, 0.4) is 0 Å². The Kier molecular flexibility index (Phi) is 3.34. The molecule has 2 aliphatic rings. The van der Waals surface area contributed by atoms with E-state index in [-0.39, 0.29) is 24.0 Å². The molecule has 0 aliphatic carbocycles. The van der Waals surface area contributed by atoms with Gasteiger partial charge in [-0.15, -0.1) is 6.42 Å². The first-order valence-electron chi connectivity index (χ1n) is 5.85. The average Bonchev–Trinajstić information content (AvgIpc) is 2.64. The quantitative estimate of drug-likeness (QED) is 0.712. The van der Waals surface area contributed by atoms with E-state index < -0.39 is 0 Å². The third kappa shape index (κ3) is 2.13. The number of terminal acetylenes is 1. The molecule has 0 bridgehead atoms. The van der Waals surface area contributed by atoms with Crippen LogP contribution in [0, 0.1) is 18.3 Å². The highest BCUT2D eigenvalue weighted by atomic mass is 16.5. The first-order chi connectivity index (χ1) is 8.15. The minimum absolute atomic E-state index is 0.200. The minimum atomic E-state index is -0.330. The van der Waals surface area contributed by atoms with Gasteiger partial charge < -0.3 is 10.5 Å². The Hall–Kier alpha value is -1.54. The molecule has 2 aliphatic heterocycles. The van der Waals surface area contributed by atoms with E-state index in [4.69, 9.17) is 16.9 Å². The highest BCUT2D eigenvalue weighted by Gasteiger charge is 2.41. The zero-order valence-electron chi connectivity index (χ0n) is 9.93. The molecule has 5 nitrogen and oxygen atoms in total. The molecular weight excluding hydrogens is 218 g/mol. The number of amidine groups is 1. The van der Waals surface area contributed by atoms with Gasteiger partial charge in [-0.1, -0.05) is 5.92 Å². The lowest BCUT2D eigenvalue weighted by molar-refractivity contribution is 0.0330. The van der Waals surface area contributed by atoms with Gasteiger partial charge in [-0.05, 0) is 19.8 Å². The zero-order valence-corrected chi connectivity index (χ0v) is 9.93. The number of rotatable bonds is 2. The number of urea groups is 1. The van der Waals surface area contributed by atoms with Crippen LogP contribution in [0.15, 0.2) is 4.99 Å². The lowest BCUT2D eigenvalue weighted by Gasteiger charge is -2.34. The van der Waals surface area contributed by atoms with Gasteiger partial charge in [0.05, 0.1) is 18.7 Å². The minimum Gasteiger partial charge on any atom is -0.385 e. The van der Waals surface area contributed by atoms with Crippen molar-refractivity contribution in [2.75, 3.05) is 13.2 Å². The van der Waals surface area contributed by atoms with Crippen molar-refractivity contribution in [1.29, 1.82) is 0 Å². The second kappa shape index (κ2) is 4.76. The van der Waals surface area contributed by atoms with Crippen molar-refractivity contribution in [2.24, 2.45) is 16.6 Å². The first kappa shape index (κ1) is 11.9. The van der Waals surface area contributed by atoms with Crippen molar-refractivity contribution in [1.82, 2.24) is 4.90 Å². The molecule has 2 N–H and O–H groups in total. The number of amides is 2. The van der Waals surface area contributed by atoms with E-state index in [0.29, 0.717) is 12.4 Å². The van der Waals surface area contributed by atoms with Gasteiger partial charge in [0, 0.05) is 12.5 Å². The van der Waals surface area contributed by atoms with E-state index in [9.17, 15) is 4.79 Å². The van der Waals surface area contributed by atoms with Gasteiger partial charge >= 0.3 is 6.03 Å². The number of hydrogen-bond acceptors (Lipinski definition) is 3.